The van der Waals surface area contributed by atoms with Crippen LogP contribution in [0.25, 0.3) is 27.8 Å². The van der Waals surface area contributed by atoms with Crippen LogP contribution in [0.5, 0.6) is 0 Å². The molecule has 5 rings (SSSR count). The molecule has 344 valence electrons. The Balaban J connectivity index is 0.000000499. The fourth-order valence-corrected chi connectivity index (χ4v) is 7.06. The van der Waals surface area contributed by atoms with Gasteiger partial charge in [0.1, 0.15) is 5.84 Å². The zero-order valence-electron chi connectivity index (χ0n) is 40.9. The SMILES string of the molecule is C#C.C=C/C(=C\C=C/C)Cc1ccccc1-c1c(CC(/C=C\CC)=C/C)cccc1/C(C)=C/C=C\Cc1cccc(CN)c1.C=C/C=C(C)\C=C/C.N=C(N)c1ccc(-c2ccccc2)cc1. The summed E-state index contributed by atoms with van der Waals surface area (Å²) in [4.78, 5) is 0. The van der Waals surface area contributed by atoms with Gasteiger partial charge in [0.05, 0.1) is 0 Å². The van der Waals surface area contributed by atoms with Crippen molar-refractivity contribution in [1.82, 2.24) is 0 Å². The summed E-state index contributed by atoms with van der Waals surface area (Å²) in [5, 5.41) is 7.29. The molecule has 0 bridgehead atoms. The van der Waals surface area contributed by atoms with E-state index in [1.807, 2.05) is 87.5 Å². The van der Waals surface area contributed by atoms with Crippen LogP contribution in [0, 0.1) is 18.3 Å². The predicted molar refractivity (Wildman–Crippen MR) is 298 cm³/mol. The lowest BCUT2D eigenvalue weighted by atomic mass is 9.84. The van der Waals surface area contributed by atoms with E-state index in [4.69, 9.17) is 16.9 Å². The molecule has 0 aromatic heterocycles. The van der Waals surface area contributed by atoms with Crippen LogP contribution in [-0.2, 0) is 25.8 Å². The van der Waals surface area contributed by atoms with Gasteiger partial charge >= 0.3 is 0 Å². The van der Waals surface area contributed by atoms with Crippen molar-refractivity contribution in [1.29, 1.82) is 5.41 Å². The van der Waals surface area contributed by atoms with Crippen LogP contribution in [0.1, 0.15) is 81.3 Å². The summed E-state index contributed by atoms with van der Waals surface area (Å²) in [6.45, 7) is 20.9. The summed E-state index contributed by atoms with van der Waals surface area (Å²) in [6, 6.07) is 41.9. The summed E-state index contributed by atoms with van der Waals surface area (Å²) in [5.74, 6) is 0.106. The Hall–Kier alpha value is -7.51. The van der Waals surface area contributed by atoms with Crippen molar-refractivity contribution in [3.63, 3.8) is 0 Å². The monoisotopic (exact) mass is 884 g/mol. The van der Waals surface area contributed by atoms with E-state index in [1.165, 1.54) is 66.8 Å². The molecule has 67 heavy (non-hydrogen) atoms. The van der Waals surface area contributed by atoms with Gasteiger partial charge in [-0.25, -0.2) is 0 Å². The molecule has 3 nitrogen and oxygen atoms in total. The standard InChI is InChI=1S/C41H47N.C13H12N2.C8H12.C2H2/c1-6-10-19-33(8-3)29-37-24-14-15-26-40(37)41-38(30-34(9-4)20-11-7-2)25-17-27-39(41)32(5)18-12-13-21-35-22-16-23-36(28-35)31-42;14-13(15)12-8-6-11(7-9-12)10-4-2-1-3-5-10;1-4-6-8(3)7-5-2;1-2/h6,8-20,22-28H,3,7,21,29-31,42H2,1-2,4-5H3;1-9H,(H3,14,15);4-7H,1H2,2-3H3;1-2H/b10-6-,13-12-,20-11-,32-18+,33-19+,34-9+;;7-5-,8-6-;. The molecule has 0 amide bonds. The van der Waals surface area contributed by atoms with Gasteiger partial charge < -0.3 is 11.5 Å². The van der Waals surface area contributed by atoms with Crippen LogP contribution in [0.15, 0.2) is 236 Å². The van der Waals surface area contributed by atoms with Crippen molar-refractivity contribution < 1.29 is 0 Å². The predicted octanol–water partition coefficient (Wildman–Crippen LogP) is 16.3. The first kappa shape index (κ1) is 55.6. The van der Waals surface area contributed by atoms with Crippen molar-refractivity contribution >= 4 is 11.4 Å². The van der Waals surface area contributed by atoms with Gasteiger partial charge in [0, 0.05) is 12.1 Å². The van der Waals surface area contributed by atoms with Crippen molar-refractivity contribution in [2.24, 2.45) is 11.5 Å². The van der Waals surface area contributed by atoms with Gasteiger partial charge in [-0.1, -0.05) is 232 Å². The fraction of sp³-hybridized carbons (Fsp3) is 0.172. The minimum Gasteiger partial charge on any atom is -0.384 e. The van der Waals surface area contributed by atoms with E-state index in [2.05, 4.69) is 180 Å². The minimum atomic E-state index is 0.106. The fourth-order valence-electron chi connectivity index (χ4n) is 7.06. The first-order valence-electron chi connectivity index (χ1n) is 23.0. The van der Waals surface area contributed by atoms with Crippen molar-refractivity contribution in [2.45, 2.75) is 73.8 Å². The summed E-state index contributed by atoms with van der Waals surface area (Å²) in [7, 11) is 0. The number of nitrogen functional groups attached to an aromatic ring is 1. The van der Waals surface area contributed by atoms with Gasteiger partial charge in [-0.05, 0) is 127 Å². The molecule has 0 saturated carbocycles. The molecule has 0 atom stereocenters. The Bertz CT molecular complexity index is 2560. The van der Waals surface area contributed by atoms with Crippen LogP contribution in [0.2, 0.25) is 0 Å². The molecule has 0 aliphatic heterocycles. The maximum atomic E-state index is 7.29. The Morgan fingerprint density at radius 2 is 1.30 bits per heavy atom. The Morgan fingerprint density at radius 3 is 1.93 bits per heavy atom. The molecule has 0 unspecified atom stereocenters. The minimum absolute atomic E-state index is 0.106. The normalized spacial score (nSPS) is 12.0. The molecular formula is C64H73N3. The smallest absolute Gasteiger partial charge is 0.122 e. The number of amidine groups is 1. The highest BCUT2D eigenvalue weighted by molar-refractivity contribution is 5.95. The molecule has 0 aliphatic rings. The maximum Gasteiger partial charge on any atom is 0.122 e. The lowest BCUT2D eigenvalue weighted by molar-refractivity contribution is 1.06. The van der Waals surface area contributed by atoms with E-state index in [0.717, 1.165) is 36.8 Å². The molecule has 0 saturated heterocycles. The summed E-state index contributed by atoms with van der Waals surface area (Å²) in [5.41, 5.74) is 28.2. The molecule has 0 aliphatic carbocycles. The van der Waals surface area contributed by atoms with Gasteiger partial charge in [0.15, 0.2) is 0 Å². The molecule has 5 aromatic carbocycles. The second-order valence-electron chi connectivity index (χ2n) is 15.5. The Morgan fingerprint density at radius 1 is 0.657 bits per heavy atom. The zero-order valence-corrected chi connectivity index (χ0v) is 40.9. The van der Waals surface area contributed by atoms with Gasteiger partial charge in [-0.2, -0.15) is 0 Å². The number of hydrogen-bond donors (Lipinski definition) is 3. The molecule has 0 fully saturated rings. The average molecular weight is 884 g/mol. The first-order valence-corrected chi connectivity index (χ1v) is 23.0. The lowest BCUT2D eigenvalue weighted by Gasteiger charge is -2.19. The van der Waals surface area contributed by atoms with Gasteiger partial charge in [-0.15, -0.1) is 12.8 Å². The number of benzene rings is 5. The number of nitrogens with one attached hydrogen (secondary N) is 1. The van der Waals surface area contributed by atoms with Crippen LogP contribution >= 0.6 is 0 Å². The lowest BCUT2D eigenvalue weighted by Crippen LogP contribution is -2.10. The highest BCUT2D eigenvalue weighted by Gasteiger charge is 2.16. The number of terminal acetylenes is 1. The molecular weight excluding hydrogens is 811 g/mol. The van der Waals surface area contributed by atoms with E-state index < -0.39 is 0 Å². The maximum absolute atomic E-state index is 7.29. The van der Waals surface area contributed by atoms with Gasteiger partial charge in [0.2, 0.25) is 0 Å². The van der Waals surface area contributed by atoms with Crippen molar-refractivity contribution in [3.05, 3.63) is 270 Å². The first-order chi connectivity index (χ1) is 32.6. The van der Waals surface area contributed by atoms with E-state index >= 15 is 0 Å². The molecule has 0 heterocycles. The quantitative estimate of drug-likeness (QED) is 0.0355. The highest BCUT2D eigenvalue weighted by atomic mass is 14.7. The summed E-state index contributed by atoms with van der Waals surface area (Å²) < 4.78 is 0. The number of hydrogen-bond acceptors (Lipinski definition) is 2. The second kappa shape index (κ2) is 33.0. The van der Waals surface area contributed by atoms with E-state index in [9.17, 15) is 0 Å². The van der Waals surface area contributed by atoms with Crippen LogP contribution in [0.3, 0.4) is 0 Å². The molecule has 3 heteroatoms. The van der Waals surface area contributed by atoms with Crippen LogP contribution < -0.4 is 11.5 Å². The van der Waals surface area contributed by atoms with E-state index in [0.29, 0.717) is 6.54 Å². The molecule has 5 aromatic rings. The van der Waals surface area contributed by atoms with Crippen LogP contribution in [-0.4, -0.2) is 5.84 Å². The highest BCUT2D eigenvalue weighted by Crippen LogP contribution is 2.37. The topological polar surface area (TPSA) is 75.9 Å². The number of nitrogens with two attached hydrogens (primary N) is 2. The average Bonchev–Trinajstić information content (AvgIpc) is 3.37. The molecule has 5 N–H and O–H groups in total. The van der Waals surface area contributed by atoms with Crippen LogP contribution in [0.4, 0.5) is 0 Å². The van der Waals surface area contributed by atoms with Crippen molar-refractivity contribution in [3.8, 4) is 35.1 Å². The third-order valence-corrected chi connectivity index (χ3v) is 10.5. The van der Waals surface area contributed by atoms with Crippen molar-refractivity contribution in [2.75, 3.05) is 0 Å². The third kappa shape index (κ3) is 20.0. The number of allylic oxidation sites excluding steroid dienone is 18. The Kier molecular flexibility index (Phi) is 27.4. The number of rotatable bonds is 18. The van der Waals surface area contributed by atoms with E-state index in [1.54, 1.807) is 6.08 Å². The molecule has 0 spiro atoms. The van der Waals surface area contributed by atoms with Gasteiger partial charge in [-0.3, -0.25) is 5.41 Å². The summed E-state index contributed by atoms with van der Waals surface area (Å²) >= 11 is 0. The zero-order chi connectivity index (χ0) is 49.2. The largest absolute Gasteiger partial charge is 0.384 e. The van der Waals surface area contributed by atoms with E-state index in [-0.39, 0.29) is 5.84 Å². The summed E-state index contributed by atoms with van der Waals surface area (Å²) in [6.07, 6.45) is 41.1. The third-order valence-electron chi connectivity index (χ3n) is 10.5. The molecule has 0 radical (unpaired) electrons. The Labute approximate surface area is 405 Å². The second-order valence-corrected chi connectivity index (χ2v) is 15.5. The van der Waals surface area contributed by atoms with Gasteiger partial charge in [0.25, 0.3) is 0 Å².